The number of imide groups is 1. The second kappa shape index (κ2) is 8.73. The van der Waals surface area contributed by atoms with Gasteiger partial charge in [0, 0.05) is 26.1 Å². The highest BCUT2D eigenvalue weighted by Gasteiger charge is 2.33. The Morgan fingerprint density at radius 3 is 2.55 bits per heavy atom. The average molecular weight is 327 g/mol. The van der Waals surface area contributed by atoms with Gasteiger partial charge >= 0.3 is 6.03 Å². The smallest absolute Gasteiger partial charge is 0.321 e. The van der Waals surface area contributed by atoms with Gasteiger partial charge in [0.05, 0.1) is 6.54 Å². The number of carbonyl (C=O) groups is 2. The Hall–Kier alpha value is -1.63. The van der Waals surface area contributed by atoms with E-state index in [1.165, 1.54) is 12.6 Å². The fourth-order valence-electron chi connectivity index (χ4n) is 2.84. The van der Waals surface area contributed by atoms with Crippen LogP contribution in [0.3, 0.4) is 0 Å². The van der Waals surface area contributed by atoms with E-state index in [-0.39, 0.29) is 24.9 Å². The SMILES string of the molecule is CNC(=O)NC(=O)CN1C[C@@H](CN)[C@H](c2ccccc2)C1.Cl. The summed E-state index contributed by atoms with van der Waals surface area (Å²) >= 11 is 0. The summed E-state index contributed by atoms with van der Waals surface area (Å²) in [5.74, 6) is 0.378. The van der Waals surface area contributed by atoms with Crippen LogP contribution in [0.5, 0.6) is 0 Å². The predicted octanol–water partition coefficient (Wildman–Crippen LogP) is 0.538. The molecule has 1 aromatic rings. The third-order valence-electron chi connectivity index (χ3n) is 3.89. The highest BCUT2D eigenvalue weighted by Crippen LogP contribution is 2.31. The second-order valence-electron chi connectivity index (χ2n) is 5.33. The first-order valence-electron chi connectivity index (χ1n) is 7.13. The lowest BCUT2D eigenvalue weighted by atomic mass is 9.89. The normalized spacial score (nSPS) is 21.0. The summed E-state index contributed by atoms with van der Waals surface area (Å²) in [6.07, 6.45) is 0. The van der Waals surface area contributed by atoms with Crippen molar-refractivity contribution < 1.29 is 9.59 Å². The Labute approximate surface area is 136 Å². The molecule has 7 heteroatoms. The summed E-state index contributed by atoms with van der Waals surface area (Å²) in [6, 6.07) is 9.75. The third kappa shape index (κ3) is 4.69. The summed E-state index contributed by atoms with van der Waals surface area (Å²) < 4.78 is 0. The van der Waals surface area contributed by atoms with Crippen LogP contribution in [0.4, 0.5) is 4.79 Å². The zero-order valence-electron chi connectivity index (χ0n) is 12.6. The monoisotopic (exact) mass is 326 g/mol. The van der Waals surface area contributed by atoms with Gasteiger partial charge in [0.25, 0.3) is 0 Å². The number of carbonyl (C=O) groups excluding carboxylic acids is 2. The summed E-state index contributed by atoms with van der Waals surface area (Å²) in [5.41, 5.74) is 7.12. The van der Waals surface area contributed by atoms with E-state index in [1.807, 2.05) is 23.1 Å². The first-order chi connectivity index (χ1) is 10.1. The molecule has 122 valence electrons. The van der Waals surface area contributed by atoms with Crippen LogP contribution in [0.2, 0.25) is 0 Å². The molecule has 1 heterocycles. The highest BCUT2D eigenvalue weighted by molar-refractivity contribution is 5.95. The fourth-order valence-corrected chi connectivity index (χ4v) is 2.84. The Morgan fingerprint density at radius 2 is 1.95 bits per heavy atom. The van der Waals surface area contributed by atoms with E-state index in [2.05, 4.69) is 22.8 Å². The Bertz CT molecular complexity index is 498. The van der Waals surface area contributed by atoms with Crippen LogP contribution in [0.1, 0.15) is 11.5 Å². The number of benzene rings is 1. The van der Waals surface area contributed by atoms with Crippen molar-refractivity contribution in [3.63, 3.8) is 0 Å². The summed E-state index contributed by atoms with van der Waals surface area (Å²) in [5, 5.41) is 4.65. The largest absolute Gasteiger partial charge is 0.341 e. The van der Waals surface area contributed by atoms with Crippen molar-refractivity contribution in [2.75, 3.05) is 33.2 Å². The Balaban J connectivity index is 0.00000242. The number of amides is 3. The van der Waals surface area contributed by atoms with Crippen molar-refractivity contribution in [1.82, 2.24) is 15.5 Å². The Kier molecular flexibility index (Phi) is 7.31. The first kappa shape index (κ1) is 18.4. The molecule has 4 N–H and O–H groups in total. The molecule has 22 heavy (non-hydrogen) atoms. The lowest BCUT2D eigenvalue weighted by molar-refractivity contribution is -0.120. The van der Waals surface area contributed by atoms with E-state index < -0.39 is 6.03 Å². The number of rotatable bonds is 4. The van der Waals surface area contributed by atoms with Crippen LogP contribution in [0.15, 0.2) is 30.3 Å². The number of nitrogens with zero attached hydrogens (tertiary/aromatic N) is 1. The van der Waals surface area contributed by atoms with Crippen molar-refractivity contribution in [1.29, 1.82) is 0 Å². The van der Waals surface area contributed by atoms with Crippen LogP contribution in [0.25, 0.3) is 0 Å². The van der Waals surface area contributed by atoms with Crippen molar-refractivity contribution in [3.05, 3.63) is 35.9 Å². The van der Waals surface area contributed by atoms with Gasteiger partial charge in [-0.15, -0.1) is 12.4 Å². The van der Waals surface area contributed by atoms with E-state index in [4.69, 9.17) is 5.73 Å². The number of nitrogens with two attached hydrogens (primary N) is 1. The van der Waals surface area contributed by atoms with Crippen molar-refractivity contribution in [3.8, 4) is 0 Å². The van der Waals surface area contributed by atoms with Gasteiger partial charge in [-0.1, -0.05) is 30.3 Å². The summed E-state index contributed by atoms with van der Waals surface area (Å²) in [6.45, 7) is 2.37. The minimum absolute atomic E-state index is 0. The molecule has 1 saturated heterocycles. The topological polar surface area (TPSA) is 87.5 Å². The lowest BCUT2D eigenvalue weighted by Gasteiger charge is -2.16. The molecule has 3 amide bonds. The minimum Gasteiger partial charge on any atom is -0.341 e. The molecule has 1 aliphatic rings. The highest BCUT2D eigenvalue weighted by atomic mass is 35.5. The number of urea groups is 1. The van der Waals surface area contributed by atoms with Gasteiger partial charge in [0.1, 0.15) is 0 Å². The molecule has 0 aromatic heterocycles. The molecule has 6 nitrogen and oxygen atoms in total. The molecule has 1 fully saturated rings. The average Bonchev–Trinajstić information content (AvgIpc) is 2.90. The van der Waals surface area contributed by atoms with E-state index in [0.717, 1.165) is 13.1 Å². The van der Waals surface area contributed by atoms with Gasteiger partial charge in [0.15, 0.2) is 0 Å². The van der Waals surface area contributed by atoms with Crippen LogP contribution in [-0.4, -0.2) is 50.1 Å². The molecule has 0 radical (unpaired) electrons. The minimum atomic E-state index is -0.478. The number of nitrogens with one attached hydrogen (secondary N) is 2. The number of likely N-dealkylation sites (tertiary alicyclic amines) is 1. The lowest BCUT2D eigenvalue weighted by Crippen LogP contribution is -2.43. The molecule has 1 aliphatic heterocycles. The van der Waals surface area contributed by atoms with E-state index in [9.17, 15) is 9.59 Å². The number of halogens is 1. The summed E-state index contributed by atoms with van der Waals surface area (Å²) in [7, 11) is 1.48. The van der Waals surface area contributed by atoms with Crippen molar-refractivity contribution in [2.45, 2.75) is 5.92 Å². The maximum atomic E-state index is 11.8. The van der Waals surface area contributed by atoms with Gasteiger partial charge < -0.3 is 11.1 Å². The molecule has 2 rings (SSSR count). The molecule has 0 unspecified atom stereocenters. The maximum absolute atomic E-state index is 11.8. The molecular weight excluding hydrogens is 304 g/mol. The maximum Gasteiger partial charge on any atom is 0.321 e. The molecule has 0 saturated carbocycles. The second-order valence-corrected chi connectivity index (χ2v) is 5.33. The van der Waals surface area contributed by atoms with Gasteiger partial charge in [-0.25, -0.2) is 4.79 Å². The number of hydrogen-bond acceptors (Lipinski definition) is 4. The van der Waals surface area contributed by atoms with Gasteiger partial charge in [0.2, 0.25) is 5.91 Å². The van der Waals surface area contributed by atoms with Crippen molar-refractivity contribution in [2.24, 2.45) is 11.7 Å². The predicted molar refractivity (Wildman–Crippen MR) is 88.0 cm³/mol. The molecule has 0 aliphatic carbocycles. The standard InChI is InChI=1S/C15H22N4O2.ClH/c1-17-15(21)18-14(20)10-19-8-12(7-16)13(9-19)11-5-3-2-4-6-11;/h2-6,12-13H,7-10,16H2,1H3,(H2,17,18,20,21);1H/t12-,13+;/m1./s1. The third-order valence-corrected chi connectivity index (χ3v) is 3.89. The molecule has 0 bridgehead atoms. The summed E-state index contributed by atoms with van der Waals surface area (Å²) in [4.78, 5) is 24.9. The molecule has 2 atom stereocenters. The molecule has 1 aromatic carbocycles. The van der Waals surface area contributed by atoms with Gasteiger partial charge in [-0.05, 0) is 18.0 Å². The first-order valence-corrected chi connectivity index (χ1v) is 7.13. The van der Waals surface area contributed by atoms with Crippen LogP contribution in [0, 0.1) is 5.92 Å². The fraction of sp³-hybridized carbons (Fsp3) is 0.467. The van der Waals surface area contributed by atoms with Crippen LogP contribution in [-0.2, 0) is 4.79 Å². The number of hydrogen-bond donors (Lipinski definition) is 3. The quantitative estimate of drug-likeness (QED) is 0.753. The zero-order chi connectivity index (χ0) is 15.2. The van der Waals surface area contributed by atoms with E-state index in [1.54, 1.807) is 0 Å². The molecular formula is C15H23ClN4O2. The zero-order valence-corrected chi connectivity index (χ0v) is 13.4. The van der Waals surface area contributed by atoms with E-state index in [0.29, 0.717) is 18.4 Å². The van der Waals surface area contributed by atoms with E-state index >= 15 is 0 Å². The van der Waals surface area contributed by atoms with Gasteiger partial charge in [-0.2, -0.15) is 0 Å². The Morgan fingerprint density at radius 1 is 1.27 bits per heavy atom. The van der Waals surface area contributed by atoms with Crippen LogP contribution < -0.4 is 16.4 Å². The van der Waals surface area contributed by atoms with Gasteiger partial charge in [-0.3, -0.25) is 15.0 Å². The van der Waals surface area contributed by atoms with Crippen LogP contribution >= 0.6 is 12.4 Å². The van der Waals surface area contributed by atoms with Crippen molar-refractivity contribution >= 4 is 24.3 Å². The molecule has 0 spiro atoms.